The van der Waals surface area contributed by atoms with Gasteiger partial charge in [-0.2, -0.15) is 18.3 Å². The summed E-state index contributed by atoms with van der Waals surface area (Å²) in [5.41, 5.74) is 5.50. The molecule has 0 unspecified atom stereocenters. The topological polar surface area (TPSA) is 82.2 Å². The minimum Gasteiger partial charge on any atom is -0.482 e. The van der Waals surface area contributed by atoms with Gasteiger partial charge in [0.25, 0.3) is 5.91 Å². The summed E-state index contributed by atoms with van der Waals surface area (Å²) in [5.74, 6) is 0.00807. The summed E-state index contributed by atoms with van der Waals surface area (Å²) in [7, 11) is 0. The summed E-state index contributed by atoms with van der Waals surface area (Å²) in [6, 6.07) is 3.68. The number of halogens is 3. The monoisotopic (exact) mass is 298 g/mol. The standard InChI is InChI=1S/C12H9F3N4O2/c13-12(14,15)10-1-2-19(18-10)8-4-7-9(3-6(8)16)21-5-11(20)17-7/h1-4H,5,16H2,(H,17,20). The third kappa shape index (κ3) is 2.37. The van der Waals surface area contributed by atoms with Crippen LogP contribution in [-0.2, 0) is 11.0 Å². The van der Waals surface area contributed by atoms with Crippen molar-refractivity contribution in [2.75, 3.05) is 17.7 Å². The molecule has 0 atom stereocenters. The SMILES string of the molecule is Nc1cc2c(cc1-n1ccc(C(F)(F)F)n1)NC(=O)CO2. The molecule has 2 heterocycles. The average Bonchev–Trinajstić information content (AvgIpc) is 2.88. The molecule has 0 saturated heterocycles. The molecule has 3 rings (SSSR count). The summed E-state index contributed by atoms with van der Waals surface area (Å²) in [6.07, 6.45) is -3.39. The van der Waals surface area contributed by atoms with Gasteiger partial charge in [0.15, 0.2) is 12.3 Å². The highest BCUT2D eigenvalue weighted by molar-refractivity contribution is 5.96. The molecule has 6 nitrogen and oxygen atoms in total. The summed E-state index contributed by atoms with van der Waals surface area (Å²) < 4.78 is 43.8. The van der Waals surface area contributed by atoms with Crippen LogP contribution >= 0.6 is 0 Å². The molecule has 9 heteroatoms. The highest BCUT2D eigenvalue weighted by Crippen LogP contribution is 2.35. The second-order valence-corrected chi connectivity index (χ2v) is 4.39. The molecule has 3 N–H and O–H groups in total. The second kappa shape index (κ2) is 4.40. The van der Waals surface area contributed by atoms with Gasteiger partial charge in [0, 0.05) is 12.3 Å². The number of anilines is 2. The Kier molecular flexibility index (Phi) is 2.78. The van der Waals surface area contributed by atoms with E-state index in [0.29, 0.717) is 11.4 Å². The number of ether oxygens (including phenoxy) is 1. The van der Waals surface area contributed by atoms with Crippen molar-refractivity contribution in [1.82, 2.24) is 9.78 Å². The van der Waals surface area contributed by atoms with Crippen LogP contribution < -0.4 is 15.8 Å². The fourth-order valence-electron chi connectivity index (χ4n) is 1.94. The number of aromatic nitrogens is 2. The molecule has 110 valence electrons. The smallest absolute Gasteiger partial charge is 0.435 e. The number of carbonyl (C=O) groups is 1. The maximum Gasteiger partial charge on any atom is 0.435 e. The van der Waals surface area contributed by atoms with Crippen LogP contribution in [-0.4, -0.2) is 22.3 Å². The van der Waals surface area contributed by atoms with Crippen molar-refractivity contribution in [2.45, 2.75) is 6.18 Å². The molecule has 0 saturated carbocycles. The molecule has 1 aliphatic heterocycles. The number of nitrogens with one attached hydrogen (secondary N) is 1. The molecule has 1 aliphatic rings. The van der Waals surface area contributed by atoms with Gasteiger partial charge in [-0.3, -0.25) is 4.79 Å². The average molecular weight is 298 g/mol. The molecule has 0 spiro atoms. The van der Waals surface area contributed by atoms with E-state index >= 15 is 0 Å². The zero-order chi connectivity index (χ0) is 15.2. The van der Waals surface area contributed by atoms with Crippen molar-refractivity contribution in [1.29, 1.82) is 0 Å². The fourth-order valence-corrected chi connectivity index (χ4v) is 1.94. The summed E-state index contributed by atoms with van der Waals surface area (Å²) in [6.45, 7) is -0.133. The number of nitrogens with two attached hydrogens (primary N) is 1. The third-order valence-electron chi connectivity index (χ3n) is 2.89. The highest BCUT2D eigenvalue weighted by Gasteiger charge is 2.33. The number of nitrogens with zero attached hydrogens (tertiary/aromatic N) is 2. The van der Waals surface area contributed by atoms with Crippen molar-refractivity contribution < 1.29 is 22.7 Å². The highest BCUT2D eigenvalue weighted by atomic mass is 19.4. The van der Waals surface area contributed by atoms with Crippen molar-refractivity contribution >= 4 is 17.3 Å². The van der Waals surface area contributed by atoms with Crippen LogP contribution in [0.2, 0.25) is 0 Å². The minimum atomic E-state index is -4.54. The molecular formula is C12H9F3N4O2. The van der Waals surface area contributed by atoms with Gasteiger partial charge in [-0.25, -0.2) is 4.68 Å². The molecule has 0 fully saturated rings. The molecule has 1 amide bonds. The number of fused-ring (bicyclic) bond motifs is 1. The third-order valence-corrected chi connectivity index (χ3v) is 2.89. The van der Waals surface area contributed by atoms with Crippen LogP contribution in [0, 0.1) is 0 Å². The summed E-state index contributed by atoms with van der Waals surface area (Å²) >= 11 is 0. The van der Waals surface area contributed by atoms with Crippen molar-refractivity contribution in [3.05, 3.63) is 30.1 Å². The fraction of sp³-hybridized carbons (Fsp3) is 0.167. The quantitative estimate of drug-likeness (QED) is 0.787. The van der Waals surface area contributed by atoms with Gasteiger partial charge in [0.05, 0.1) is 17.1 Å². The van der Waals surface area contributed by atoms with Crippen LogP contribution in [0.3, 0.4) is 0 Å². The maximum absolute atomic E-state index is 12.6. The number of rotatable bonds is 1. The molecule has 0 bridgehead atoms. The lowest BCUT2D eigenvalue weighted by atomic mass is 10.2. The van der Waals surface area contributed by atoms with Crippen LogP contribution in [0.25, 0.3) is 5.69 Å². The predicted molar refractivity (Wildman–Crippen MR) is 67.1 cm³/mol. The van der Waals surface area contributed by atoms with Crippen molar-refractivity contribution in [3.8, 4) is 11.4 Å². The number of hydrogen-bond acceptors (Lipinski definition) is 4. The predicted octanol–water partition coefficient (Wildman–Crippen LogP) is 1.80. The van der Waals surface area contributed by atoms with E-state index in [9.17, 15) is 18.0 Å². The Hall–Kier alpha value is -2.71. The number of benzene rings is 1. The van der Waals surface area contributed by atoms with E-state index in [0.717, 1.165) is 16.9 Å². The minimum absolute atomic E-state index is 0.133. The van der Waals surface area contributed by atoms with Gasteiger partial charge in [0.2, 0.25) is 0 Å². The van der Waals surface area contributed by atoms with Gasteiger partial charge in [-0.1, -0.05) is 0 Å². The number of nitrogen functional groups attached to an aromatic ring is 1. The normalized spacial score (nSPS) is 14.3. The summed E-state index contributed by atoms with van der Waals surface area (Å²) in [4.78, 5) is 11.3. The van der Waals surface area contributed by atoms with Gasteiger partial charge in [-0.05, 0) is 12.1 Å². The van der Waals surface area contributed by atoms with Crippen molar-refractivity contribution in [2.24, 2.45) is 0 Å². The van der Waals surface area contributed by atoms with Crippen LogP contribution in [0.1, 0.15) is 5.69 Å². The lowest BCUT2D eigenvalue weighted by Gasteiger charge is -2.19. The van der Waals surface area contributed by atoms with Crippen LogP contribution in [0.5, 0.6) is 5.75 Å². The summed E-state index contributed by atoms with van der Waals surface area (Å²) in [5, 5.41) is 5.99. The lowest BCUT2D eigenvalue weighted by molar-refractivity contribution is -0.141. The molecule has 0 aliphatic carbocycles. The molecule has 0 radical (unpaired) electrons. The Labute approximate surface area is 116 Å². The zero-order valence-electron chi connectivity index (χ0n) is 10.4. The van der Waals surface area contributed by atoms with Gasteiger partial charge >= 0.3 is 6.18 Å². The zero-order valence-corrected chi connectivity index (χ0v) is 10.4. The van der Waals surface area contributed by atoms with E-state index in [-0.39, 0.29) is 23.9 Å². The molecule has 1 aromatic carbocycles. The first-order valence-corrected chi connectivity index (χ1v) is 5.84. The molecular weight excluding hydrogens is 289 g/mol. The van der Waals surface area contributed by atoms with Gasteiger partial charge in [-0.15, -0.1) is 0 Å². The van der Waals surface area contributed by atoms with E-state index in [4.69, 9.17) is 10.5 Å². The molecule has 21 heavy (non-hydrogen) atoms. The number of hydrogen-bond donors (Lipinski definition) is 2. The Balaban J connectivity index is 2.04. The van der Waals surface area contributed by atoms with Crippen molar-refractivity contribution in [3.63, 3.8) is 0 Å². The number of carbonyl (C=O) groups excluding carboxylic acids is 1. The largest absolute Gasteiger partial charge is 0.482 e. The van der Waals surface area contributed by atoms with E-state index < -0.39 is 11.9 Å². The second-order valence-electron chi connectivity index (χ2n) is 4.39. The maximum atomic E-state index is 12.6. The van der Waals surface area contributed by atoms with Gasteiger partial charge in [0.1, 0.15) is 5.75 Å². The van der Waals surface area contributed by atoms with Crippen LogP contribution in [0.4, 0.5) is 24.5 Å². The Morgan fingerprint density at radius 1 is 1.38 bits per heavy atom. The first kappa shape index (κ1) is 13.3. The first-order chi connectivity index (χ1) is 9.84. The number of alkyl halides is 3. The van der Waals surface area contributed by atoms with E-state index in [2.05, 4.69) is 10.4 Å². The van der Waals surface area contributed by atoms with Crippen LogP contribution in [0.15, 0.2) is 24.4 Å². The van der Waals surface area contributed by atoms with E-state index in [1.807, 2.05) is 0 Å². The Morgan fingerprint density at radius 3 is 2.81 bits per heavy atom. The van der Waals surface area contributed by atoms with Gasteiger partial charge < -0.3 is 15.8 Å². The van der Waals surface area contributed by atoms with E-state index in [1.165, 1.54) is 12.1 Å². The Bertz CT molecular complexity index is 724. The molecule has 2 aromatic rings. The first-order valence-electron chi connectivity index (χ1n) is 5.84. The number of amides is 1. The Morgan fingerprint density at radius 2 is 2.14 bits per heavy atom. The molecule has 1 aromatic heterocycles. The lowest BCUT2D eigenvalue weighted by Crippen LogP contribution is -2.25. The van der Waals surface area contributed by atoms with E-state index in [1.54, 1.807) is 0 Å².